The van der Waals surface area contributed by atoms with Gasteiger partial charge in [0, 0.05) is 12.8 Å². The van der Waals surface area contributed by atoms with Crippen molar-refractivity contribution in [3.63, 3.8) is 0 Å². The van der Waals surface area contributed by atoms with E-state index in [1.165, 1.54) is 103 Å². The highest BCUT2D eigenvalue weighted by Crippen LogP contribution is 2.16. The number of allylic oxidation sites excluding steroid dienone is 26. The SMILES string of the molecule is CC/C=C\C/C=C\C/C=C\C/C=C\C/C=C\C/C=C\C/C=C\C/C=C\C/C=C\C/C=C\CCCCCCCCCCCCC(=O)OC(COC(=O)CCCCCCCCCC/C=C\C/C=C\C/C=C\CCCCCCC)COC(OCC[N+](C)(C)C)C(=O)[O-]. The van der Waals surface area contributed by atoms with Gasteiger partial charge in [0.15, 0.2) is 12.4 Å². The number of hydrogen-bond donors (Lipinski definition) is 0. The average Bonchev–Trinajstić information content (AvgIpc) is 3.64. The summed E-state index contributed by atoms with van der Waals surface area (Å²) in [5.41, 5.74) is 0. The molecule has 0 bridgehead atoms. The van der Waals surface area contributed by atoms with Crippen molar-refractivity contribution in [2.75, 3.05) is 47.5 Å². The number of ether oxygens (including phenoxy) is 4. The van der Waals surface area contributed by atoms with Gasteiger partial charge in [0.2, 0.25) is 0 Å². The highest BCUT2D eigenvalue weighted by Gasteiger charge is 2.22. The molecular formula is C80H131NO8. The highest BCUT2D eigenvalue weighted by molar-refractivity contribution is 5.70. The van der Waals surface area contributed by atoms with Crippen molar-refractivity contribution >= 4 is 17.9 Å². The van der Waals surface area contributed by atoms with E-state index < -0.39 is 24.3 Å². The van der Waals surface area contributed by atoms with Gasteiger partial charge in [-0.05, 0) is 128 Å². The van der Waals surface area contributed by atoms with Crippen LogP contribution in [0.5, 0.6) is 0 Å². The zero-order valence-corrected chi connectivity index (χ0v) is 57.5. The number of carboxylic acids is 1. The fourth-order valence-electron chi connectivity index (χ4n) is 9.34. The molecule has 2 unspecified atom stereocenters. The summed E-state index contributed by atoms with van der Waals surface area (Å²) in [6, 6.07) is 0. The molecule has 504 valence electrons. The van der Waals surface area contributed by atoms with E-state index in [4.69, 9.17) is 18.9 Å². The van der Waals surface area contributed by atoms with Crippen molar-refractivity contribution in [2.24, 2.45) is 0 Å². The number of esters is 2. The number of likely N-dealkylation sites (N-methyl/N-ethyl adjacent to an activating group) is 1. The smallest absolute Gasteiger partial charge is 0.306 e. The molecule has 0 aromatic rings. The maximum absolute atomic E-state index is 12.9. The van der Waals surface area contributed by atoms with Crippen LogP contribution in [-0.4, -0.2) is 82.3 Å². The number of carboxylic acid groups (broad SMARTS) is 1. The van der Waals surface area contributed by atoms with E-state index in [2.05, 4.69) is 172 Å². The molecule has 9 heteroatoms. The van der Waals surface area contributed by atoms with Crippen LogP contribution in [0.4, 0.5) is 0 Å². The van der Waals surface area contributed by atoms with E-state index >= 15 is 0 Å². The third-order valence-corrected chi connectivity index (χ3v) is 14.8. The molecule has 0 spiro atoms. The van der Waals surface area contributed by atoms with Crippen molar-refractivity contribution in [2.45, 2.75) is 283 Å². The topological polar surface area (TPSA) is 111 Å². The Bertz CT molecular complexity index is 2020. The molecule has 0 saturated heterocycles. The lowest BCUT2D eigenvalue weighted by Crippen LogP contribution is -2.44. The molecule has 0 saturated carbocycles. The summed E-state index contributed by atoms with van der Waals surface area (Å²) in [5, 5.41) is 11.8. The number of aliphatic carboxylic acids is 1. The number of carbonyl (C=O) groups is 3. The third kappa shape index (κ3) is 70.2. The van der Waals surface area contributed by atoms with Gasteiger partial charge in [-0.3, -0.25) is 9.59 Å². The van der Waals surface area contributed by atoms with Crippen LogP contribution < -0.4 is 5.11 Å². The molecule has 89 heavy (non-hydrogen) atoms. The molecule has 0 aromatic heterocycles. The normalized spacial score (nSPS) is 13.7. The van der Waals surface area contributed by atoms with E-state index in [0.717, 1.165) is 135 Å². The van der Waals surface area contributed by atoms with Gasteiger partial charge in [0.1, 0.15) is 13.2 Å². The Labute approximate surface area is 546 Å². The molecule has 9 nitrogen and oxygen atoms in total. The Morgan fingerprint density at radius 3 is 0.955 bits per heavy atom. The minimum Gasteiger partial charge on any atom is -0.545 e. The zero-order chi connectivity index (χ0) is 64.7. The molecule has 0 aliphatic heterocycles. The molecular weight excluding hydrogens is 1100 g/mol. The molecule has 0 amide bonds. The fraction of sp³-hybridized carbons (Fsp3) is 0.637. The van der Waals surface area contributed by atoms with Gasteiger partial charge in [-0.15, -0.1) is 0 Å². The van der Waals surface area contributed by atoms with Crippen LogP contribution in [0.15, 0.2) is 158 Å². The number of unbranched alkanes of at least 4 members (excludes halogenated alkanes) is 23. The molecule has 0 heterocycles. The first-order valence-electron chi connectivity index (χ1n) is 35.6. The zero-order valence-electron chi connectivity index (χ0n) is 57.5. The van der Waals surface area contributed by atoms with Crippen molar-refractivity contribution < 1.29 is 42.9 Å². The van der Waals surface area contributed by atoms with E-state index in [1.54, 1.807) is 0 Å². The van der Waals surface area contributed by atoms with E-state index in [-0.39, 0.29) is 38.6 Å². The standard InChI is InChI=1S/C80H131NO8/c1-6-8-10-12-14-16-18-20-22-24-26-28-30-31-32-33-34-35-36-37-38-39-40-41-42-43-44-45-46-47-49-51-53-55-57-59-61-63-65-67-69-71-78(83)89-76(75-88-80(79(84)85)86-73-72-81(3,4)5)74-87-77(82)70-68-66-64-62-60-58-56-54-52-50-48-29-27-25-23-21-19-17-15-13-11-9-7-2/h8,10,14,16,19-22,25-28,31-32,34-35,37-38,40-41,43-44,46-48,50,76,80H,6-7,9,11-13,15,17-18,23-24,29-30,33,36,39,42,45,49,51-75H2,1-5H3/b10-8-,16-14-,21-19-,22-20-,27-25-,28-26-,32-31-,35-34-,38-37-,41-40-,44-43-,47-46-,50-48-. The van der Waals surface area contributed by atoms with Crippen LogP contribution in [0.25, 0.3) is 0 Å². The average molecular weight is 1230 g/mol. The summed E-state index contributed by atoms with van der Waals surface area (Å²) in [6.07, 6.45) is 98.9. The minimum absolute atomic E-state index is 0.138. The molecule has 0 fully saturated rings. The number of quaternary nitrogens is 1. The molecule has 0 aromatic carbocycles. The summed E-state index contributed by atoms with van der Waals surface area (Å²) in [4.78, 5) is 37.5. The lowest BCUT2D eigenvalue weighted by atomic mass is 10.0. The van der Waals surface area contributed by atoms with E-state index in [1.807, 2.05) is 21.1 Å². The maximum atomic E-state index is 12.9. The first kappa shape index (κ1) is 83.9. The van der Waals surface area contributed by atoms with Crippen molar-refractivity contribution in [1.82, 2.24) is 0 Å². The second-order valence-electron chi connectivity index (χ2n) is 24.4. The summed E-state index contributed by atoms with van der Waals surface area (Å²) in [7, 11) is 5.92. The summed E-state index contributed by atoms with van der Waals surface area (Å²) in [6.45, 7) is 4.60. The van der Waals surface area contributed by atoms with E-state index in [9.17, 15) is 19.5 Å². The van der Waals surface area contributed by atoms with Crippen LogP contribution in [0, 0.1) is 0 Å². The Kier molecular flexibility index (Phi) is 64.9. The van der Waals surface area contributed by atoms with Gasteiger partial charge < -0.3 is 33.3 Å². The number of rotatable bonds is 64. The van der Waals surface area contributed by atoms with Gasteiger partial charge >= 0.3 is 11.9 Å². The van der Waals surface area contributed by atoms with Gasteiger partial charge in [-0.25, -0.2) is 0 Å². The van der Waals surface area contributed by atoms with Crippen molar-refractivity contribution in [1.29, 1.82) is 0 Å². The van der Waals surface area contributed by atoms with Gasteiger partial charge in [0.25, 0.3) is 0 Å². The molecule has 2 atom stereocenters. The molecule has 0 N–H and O–H groups in total. The van der Waals surface area contributed by atoms with Crippen LogP contribution >= 0.6 is 0 Å². The lowest BCUT2D eigenvalue weighted by Gasteiger charge is -2.26. The van der Waals surface area contributed by atoms with Crippen LogP contribution in [-0.2, 0) is 33.3 Å². The first-order chi connectivity index (χ1) is 43.6. The summed E-state index contributed by atoms with van der Waals surface area (Å²) in [5.74, 6) is -2.31. The van der Waals surface area contributed by atoms with Crippen LogP contribution in [0.1, 0.15) is 271 Å². The predicted octanol–water partition coefficient (Wildman–Crippen LogP) is 21.1. The maximum Gasteiger partial charge on any atom is 0.306 e. The highest BCUT2D eigenvalue weighted by atomic mass is 16.7. The Hall–Kier alpha value is -5.09. The predicted molar refractivity (Wildman–Crippen MR) is 379 cm³/mol. The Morgan fingerprint density at radius 1 is 0.348 bits per heavy atom. The molecule has 0 radical (unpaired) electrons. The number of hydrogen-bond acceptors (Lipinski definition) is 8. The van der Waals surface area contributed by atoms with Crippen molar-refractivity contribution in [3.8, 4) is 0 Å². The quantitative estimate of drug-likeness (QED) is 0.0195. The molecule has 0 aliphatic carbocycles. The first-order valence-corrected chi connectivity index (χ1v) is 35.6. The third-order valence-electron chi connectivity index (χ3n) is 14.8. The number of nitrogens with zero attached hydrogens (tertiary/aromatic N) is 1. The van der Waals surface area contributed by atoms with Crippen LogP contribution in [0.3, 0.4) is 0 Å². The van der Waals surface area contributed by atoms with Gasteiger partial charge in [0.05, 0.1) is 40.3 Å². The largest absolute Gasteiger partial charge is 0.545 e. The van der Waals surface area contributed by atoms with E-state index in [0.29, 0.717) is 17.4 Å². The van der Waals surface area contributed by atoms with Crippen molar-refractivity contribution in [3.05, 3.63) is 158 Å². The number of carbonyl (C=O) groups excluding carboxylic acids is 3. The second kappa shape index (κ2) is 68.8. The summed E-state index contributed by atoms with van der Waals surface area (Å²) >= 11 is 0. The molecule has 0 aliphatic rings. The van der Waals surface area contributed by atoms with Gasteiger partial charge in [-0.1, -0.05) is 287 Å². The summed E-state index contributed by atoms with van der Waals surface area (Å²) < 4.78 is 22.8. The second-order valence-corrected chi connectivity index (χ2v) is 24.4. The lowest BCUT2D eigenvalue weighted by molar-refractivity contribution is -0.870. The van der Waals surface area contributed by atoms with Crippen LogP contribution in [0.2, 0.25) is 0 Å². The minimum atomic E-state index is -1.63. The Morgan fingerprint density at radius 2 is 0.640 bits per heavy atom. The fourth-order valence-corrected chi connectivity index (χ4v) is 9.34. The monoisotopic (exact) mass is 1230 g/mol. The Balaban J connectivity index is 4.17. The van der Waals surface area contributed by atoms with Gasteiger partial charge in [-0.2, -0.15) is 0 Å². The molecule has 0 rings (SSSR count).